The molecule has 3 rings (SSSR count). The van der Waals surface area contributed by atoms with E-state index in [9.17, 15) is 9.59 Å². The van der Waals surface area contributed by atoms with Gasteiger partial charge in [-0.15, -0.1) is 22.7 Å². The molecule has 26 heavy (non-hydrogen) atoms. The van der Waals surface area contributed by atoms with Gasteiger partial charge in [0.2, 0.25) is 0 Å². The van der Waals surface area contributed by atoms with E-state index in [4.69, 9.17) is 4.74 Å². The molecule has 2 aromatic heterocycles. The Kier molecular flexibility index (Phi) is 5.80. The van der Waals surface area contributed by atoms with E-state index in [2.05, 4.69) is 10.3 Å². The summed E-state index contributed by atoms with van der Waals surface area (Å²) in [7, 11) is 0. The summed E-state index contributed by atoms with van der Waals surface area (Å²) in [4.78, 5) is 29.6. The molecule has 1 amide bonds. The van der Waals surface area contributed by atoms with Crippen molar-refractivity contribution in [3.63, 3.8) is 0 Å². The second-order valence-electron chi connectivity index (χ2n) is 5.77. The highest BCUT2D eigenvalue weighted by molar-refractivity contribution is 7.20. The van der Waals surface area contributed by atoms with Gasteiger partial charge in [0.05, 0.1) is 4.88 Å². The Labute approximate surface area is 159 Å². The maximum Gasteiger partial charge on any atom is 0.358 e. The third kappa shape index (κ3) is 4.56. The number of thiazole rings is 1. The molecule has 0 unspecified atom stereocenters. The van der Waals surface area contributed by atoms with Gasteiger partial charge in [-0.05, 0) is 30.9 Å². The van der Waals surface area contributed by atoms with Crippen molar-refractivity contribution < 1.29 is 14.3 Å². The fourth-order valence-corrected chi connectivity index (χ4v) is 3.80. The molecule has 1 N–H and O–H groups in total. The van der Waals surface area contributed by atoms with Crippen LogP contribution in [0, 0.1) is 6.92 Å². The van der Waals surface area contributed by atoms with Gasteiger partial charge in [0, 0.05) is 11.9 Å². The van der Waals surface area contributed by atoms with Crippen LogP contribution in [0.15, 0.2) is 47.2 Å². The van der Waals surface area contributed by atoms with E-state index in [1.54, 1.807) is 23.6 Å². The van der Waals surface area contributed by atoms with Crippen LogP contribution in [0.25, 0.3) is 9.88 Å². The monoisotopic (exact) mass is 386 g/mol. The summed E-state index contributed by atoms with van der Waals surface area (Å²) in [5, 5.41) is 7.14. The molecular formula is C19H18N2O3S2. The quantitative estimate of drug-likeness (QED) is 0.649. The molecule has 0 saturated heterocycles. The molecule has 0 aliphatic rings. The van der Waals surface area contributed by atoms with Gasteiger partial charge >= 0.3 is 5.97 Å². The average molecular weight is 386 g/mol. The standard InChI is InChI=1S/C19H18N2O3S2/c1-12-5-7-14(8-6-12)10-20-17(22)13(2)24-19(23)15-11-26-18(21-15)16-4-3-9-25-16/h3-9,11,13H,10H2,1-2H3,(H,20,22)/t13-/m1/s1. The van der Waals surface area contributed by atoms with Crippen LogP contribution < -0.4 is 5.32 Å². The van der Waals surface area contributed by atoms with Gasteiger partial charge in [-0.2, -0.15) is 0 Å². The van der Waals surface area contributed by atoms with Gasteiger partial charge in [0.15, 0.2) is 11.8 Å². The van der Waals surface area contributed by atoms with E-state index in [0.29, 0.717) is 6.54 Å². The number of esters is 1. The van der Waals surface area contributed by atoms with E-state index in [1.165, 1.54) is 11.3 Å². The lowest BCUT2D eigenvalue weighted by Crippen LogP contribution is -2.35. The van der Waals surface area contributed by atoms with Crippen LogP contribution in [0.5, 0.6) is 0 Å². The zero-order valence-corrected chi connectivity index (χ0v) is 16.0. The molecule has 0 fully saturated rings. The zero-order chi connectivity index (χ0) is 18.5. The smallest absolute Gasteiger partial charge is 0.358 e. The van der Waals surface area contributed by atoms with Crippen LogP contribution in [0.1, 0.15) is 28.5 Å². The summed E-state index contributed by atoms with van der Waals surface area (Å²) < 4.78 is 5.23. The van der Waals surface area contributed by atoms with Crippen molar-refractivity contribution in [2.24, 2.45) is 0 Å². The molecule has 1 aromatic carbocycles. The van der Waals surface area contributed by atoms with Crippen molar-refractivity contribution in [2.75, 3.05) is 0 Å². The number of hydrogen-bond donors (Lipinski definition) is 1. The van der Waals surface area contributed by atoms with Crippen LogP contribution in [0.3, 0.4) is 0 Å². The topological polar surface area (TPSA) is 68.3 Å². The summed E-state index contributed by atoms with van der Waals surface area (Å²) in [5.41, 5.74) is 2.37. The summed E-state index contributed by atoms with van der Waals surface area (Å²) in [6.07, 6.45) is -0.889. The largest absolute Gasteiger partial charge is 0.448 e. The molecule has 2 heterocycles. The lowest BCUT2D eigenvalue weighted by Gasteiger charge is -2.13. The highest BCUT2D eigenvalue weighted by Gasteiger charge is 2.21. The summed E-state index contributed by atoms with van der Waals surface area (Å²) in [6.45, 7) is 3.95. The van der Waals surface area contributed by atoms with E-state index in [-0.39, 0.29) is 11.6 Å². The van der Waals surface area contributed by atoms with Crippen molar-refractivity contribution >= 4 is 34.6 Å². The Morgan fingerprint density at radius 2 is 1.96 bits per heavy atom. The Morgan fingerprint density at radius 1 is 1.19 bits per heavy atom. The number of thiophene rings is 1. The number of aryl methyl sites for hydroxylation is 1. The lowest BCUT2D eigenvalue weighted by molar-refractivity contribution is -0.129. The molecular weight excluding hydrogens is 368 g/mol. The number of amides is 1. The predicted molar refractivity (Wildman–Crippen MR) is 103 cm³/mol. The van der Waals surface area contributed by atoms with Crippen molar-refractivity contribution in [1.82, 2.24) is 10.3 Å². The normalized spacial score (nSPS) is 11.8. The van der Waals surface area contributed by atoms with Crippen LogP contribution in [0.2, 0.25) is 0 Å². The highest BCUT2D eigenvalue weighted by atomic mass is 32.1. The fourth-order valence-electron chi connectivity index (χ4n) is 2.19. The van der Waals surface area contributed by atoms with E-state index >= 15 is 0 Å². The van der Waals surface area contributed by atoms with Gasteiger partial charge in [-0.25, -0.2) is 9.78 Å². The number of nitrogens with zero attached hydrogens (tertiary/aromatic N) is 1. The number of ether oxygens (including phenoxy) is 1. The minimum Gasteiger partial charge on any atom is -0.448 e. The number of carbonyl (C=O) groups is 2. The Hall–Kier alpha value is -2.51. The Morgan fingerprint density at radius 3 is 2.65 bits per heavy atom. The van der Waals surface area contributed by atoms with Crippen LogP contribution in [-0.2, 0) is 16.1 Å². The Balaban J connectivity index is 1.53. The van der Waals surface area contributed by atoms with E-state index < -0.39 is 12.1 Å². The number of carbonyl (C=O) groups excluding carboxylic acids is 2. The van der Waals surface area contributed by atoms with E-state index in [0.717, 1.165) is 21.0 Å². The first-order valence-corrected chi connectivity index (χ1v) is 9.82. The van der Waals surface area contributed by atoms with Crippen molar-refractivity contribution in [3.05, 3.63) is 64.0 Å². The van der Waals surface area contributed by atoms with Gasteiger partial charge in [0.1, 0.15) is 5.01 Å². The Bertz CT molecular complexity index is 886. The minimum atomic E-state index is -0.889. The second-order valence-corrected chi connectivity index (χ2v) is 7.57. The molecule has 1 atom stereocenters. The molecule has 5 nitrogen and oxygen atoms in total. The molecule has 0 saturated carbocycles. The highest BCUT2D eigenvalue weighted by Crippen LogP contribution is 2.28. The number of hydrogen-bond acceptors (Lipinski definition) is 6. The van der Waals surface area contributed by atoms with Crippen LogP contribution >= 0.6 is 22.7 Å². The summed E-state index contributed by atoms with van der Waals surface area (Å²) in [5.74, 6) is -0.935. The molecule has 3 aromatic rings. The second kappa shape index (κ2) is 8.25. The third-order valence-corrected chi connectivity index (χ3v) is 5.57. The van der Waals surface area contributed by atoms with Crippen LogP contribution in [0.4, 0.5) is 0 Å². The first-order valence-electron chi connectivity index (χ1n) is 8.06. The van der Waals surface area contributed by atoms with Gasteiger partial charge < -0.3 is 10.1 Å². The number of nitrogens with one attached hydrogen (secondary N) is 1. The zero-order valence-electron chi connectivity index (χ0n) is 14.4. The number of rotatable bonds is 6. The fraction of sp³-hybridized carbons (Fsp3) is 0.211. The number of benzene rings is 1. The summed E-state index contributed by atoms with van der Waals surface area (Å²) in [6, 6.07) is 11.7. The molecule has 134 valence electrons. The molecule has 0 spiro atoms. The molecule has 7 heteroatoms. The summed E-state index contributed by atoms with van der Waals surface area (Å²) >= 11 is 2.93. The molecule has 0 aliphatic heterocycles. The minimum absolute atomic E-state index is 0.219. The van der Waals surface area contributed by atoms with Gasteiger partial charge in [-0.3, -0.25) is 4.79 Å². The molecule has 0 radical (unpaired) electrons. The first-order chi connectivity index (χ1) is 12.5. The van der Waals surface area contributed by atoms with Crippen molar-refractivity contribution in [2.45, 2.75) is 26.5 Å². The van der Waals surface area contributed by atoms with Crippen molar-refractivity contribution in [1.29, 1.82) is 0 Å². The molecule has 0 bridgehead atoms. The van der Waals surface area contributed by atoms with Crippen LogP contribution in [-0.4, -0.2) is 23.0 Å². The average Bonchev–Trinajstić information content (AvgIpc) is 3.32. The van der Waals surface area contributed by atoms with Gasteiger partial charge in [0.25, 0.3) is 5.91 Å². The van der Waals surface area contributed by atoms with E-state index in [1.807, 2.05) is 48.7 Å². The van der Waals surface area contributed by atoms with Gasteiger partial charge in [-0.1, -0.05) is 35.9 Å². The van der Waals surface area contributed by atoms with Crippen molar-refractivity contribution in [3.8, 4) is 9.88 Å². The molecule has 0 aliphatic carbocycles. The maximum absolute atomic E-state index is 12.2. The first kappa shape index (κ1) is 18.3. The lowest BCUT2D eigenvalue weighted by atomic mass is 10.1. The SMILES string of the molecule is Cc1ccc(CNC(=O)[C@@H](C)OC(=O)c2csc(-c3cccs3)n2)cc1. The maximum atomic E-state index is 12.2. The predicted octanol–water partition coefficient (Wildman–Crippen LogP) is 4.04. The third-order valence-electron chi connectivity index (χ3n) is 3.69. The number of aromatic nitrogens is 1.